The molecule has 18 heavy (non-hydrogen) atoms. The molecule has 5 nitrogen and oxygen atoms in total. The van der Waals surface area contributed by atoms with Gasteiger partial charge in [0.1, 0.15) is 0 Å². The molecule has 0 spiro atoms. The van der Waals surface area contributed by atoms with E-state index in [1.165, 1.54) is 0 Å². The van der Waals surface area contributed by atoms with Crippen LogP contribution < -0.4 is 5.73 Å². The van der Waals surface area contributed by atoms with Gasteiger partial charge in [0.05, 0.1) is 22.4 Å². The lowest BCUT2D eigenvalue weighted by Crippen LogP contribution is -2.09. The van der Waals surface area contributed by atoms with Gasteiger partial charge >= 0.3 is 0 Å². The highest BCUT2D eigenvalue weighted by molar-refractivity contribution is 6.35. The lowest BCUT2D eigenvalue weighted by atomic mass is 10.3. The molecule has 0 unspecified atom stereocenters. The number of benzene rings is 1. The summed E-state index contributed by atoms with van der Waals surface area (Å²) < 4.78 is 3.92. The third-order valence-corrected chi connectivity index (χ3v) is 3.19. The fraction of sp³-hybridized carbons (Fsp3) is 0.167. The molecular formula is C12H12ClN5. The second-order valence-corrected chi connectivity index (χ2v) is 4.44. The summed E-state index contributed by atoms with van der Waals surface area (Å²) in [6.07, 6.45) is 5.44. The van der Waals surface area contributed by atoms with E-state index in [1.807, 2.05) is 33.5 Å². The van der Waals surface area contributed by atoms with Crippen molar-refractivity contribution in [1.29, 1.82) is 0 Å². The molecule has 3 rings (SSSR count). The van der Waals surface area contributed by atoms with Gasteiger partial charge in [-0.2, -0.15) is 0 Å². The molecule has 2 aromatic heterocycles. The largest absolute Gasteiger partial charge is 0.369 e. The Hall–Kier alpha value is -2.01. The molecule has 0 aliphatic heterocycles. The first-order chi connectivity index (χ1) is 8.75. The normalized spacial score (nSPS) is 11.2. The van der Waals surface area contributed by atoms with Crippen LogP contribution in [0.2, 0.25) is 5.02 Å². The van der Waals surface area contributed by atoms with Crippen molar-refractivity contribution in [3.63, 3.8) is 0 Å². The SMILES string of the molecule is Nc1nc2cccc(Cl)c2n1CCn1ccnc1. The van der Waals surface area contributed by atoms with Gasteiger partial charge in [-0.15, -0.1) is 0 Å². The quantitative estimate of drug-likeness (QED) is 0.786. The second-order valence-electron chi connectivity index (χ2n) is 4.03. The van der Waals surface area contributed by atoms with Crippen molar-refractivity contribution < 1.29 is 0 Å². The van der Waals surface area contributed by atoms with Gasteiger partial charge in [-0.25, -0.2) is 9.97 Å². The topological polar surface area (TPSA) is 61.7 Å². The highest BCUT2D eigenvalue weighted by atomic mass is 35.5. The van der Waals surface area contributed by atoms with Gasteiger partial charge in [-0.3, -0.25) is 0 Å². The lowest BCUT2D eigenvalue weighted by molar-refractivity contribution is 0.594. The molecule has 0 bridgehead atoms. The molecule has 0 radical (unpaired) electrons. The fourth-order valence-electron chi connectivity index (χ4n) is 2.02. The van der Waals surface area contributed by atoms with Crippen LogP contribution in [0.25, 0.3) is 11.0 Å². The number of aryl methyl sites for hydroxylation is 2. The highest BCUT2D eigenvalue weighted by Gasteiger charge is 2.10. The van der Waals surface area contributed by atoms with Gasteiger partial charge in [0.25, 0.3) is 0 Å². The van der Waals surface area contributed by atoms with Gasteiger partial charge < -0.3 is 14.9 Å². The lowest BCUT2D eigenvalue weighted by Gasteiger charge is -2.07. The maximum Gasteiger partial charge on any atom is 0.201 e. The van der Waals surface area contributed by atoms with Gasteiger partial charge in [0.15, 0.2) is 0 Å². The maximum absolute atomic E-state index is 6.20. The smallest absolute Gasteiger partial charge is 0.201 e. The zero-order valence-electron chi connectivity index (χ0n) is 9.62. The van der Waals surface area contributed by atoms with Crippen LogP contribution in [0, 0.1) is 0 Å². The van der Waals surface area contributed by atoms with Gasteiger partial charge in [0.2, 0.25) is 5.95 Å². The van der Waals surface area contributed by atoms with Gasteiger partial charge in [-0.05, 0) is 12.1 Å². The molecular weight excluding hydrogens is 250 g/mol. The third kappa shape index (κ3) is 1.82. The number of nitrogens with two attached hydrogens (primary N) is 1. The third-order valence-electron chi connectivity index (χ3n) is 2.89. The molecule has 92 valence electrons. The Morgan fingerprint density at radius 3 is 2.94 bits per heavy atom. The first kappa shape index (κ1) is 11.1. The van der Waals surface area contributed by atoms with Crippen molar-refractivity contribution in [3.05, 3.63) is 41.9 Å². The predicted molar refractivity (Wildman–Crippen MR) is 71.4 cm³/mol. The molecule has 1 aromatic carbocycles. The van der Waals surface area contributed by atoms with Crippen LogP contribution in [0.1, 0.15) is 0 Å². The van der Waals surface area contributed by atoms with Crippen molar-refractivity contribution in [2.75, 3.05) is 5.73 Å². The molecule has 6 heteroatoms. The summed E-state index contributed by atoms with van der Waals surface area (Å²) in [5, 5.41) is 0.669. The van der Waals surface area contributed by atoms with E-state index < -0.39 is 0 Å². The van der Waals surface area contributed by atoms with Crippen LogP contribution in [-0.2, 0) is 13.1 Å². The van der Waals surface area contributed by atoms with Gasteiger partial charge in [-0.1, -0.05) is 17.7 Å². The number of halogens is 1. The molecule has 0 amide bonds. The molecule has 0 aliphatic rings. The summed E-state index contributed by atoms with van der Waals surface area (Å²) in [6.45, 7) is 1.49. The highest BCUT2D eigenvalue weighted by Crippen LogP contribution is 2.25. The zero-order valence-corrected chi connectivity index (χ0v) is 10.4. The van der Waals surface area contributed by atoms with Crippen molar-refractivity contribution in [1.82, 2.24) is 19.1 Å². The molecule has 2 N–H and O–H groups in total. The zero-order chi connectivity index (χ0) is 12.5. The average Bonchev–Trinajstić information content (AvgIpc) is 2.94. The van der Waals surface area contributed by atoms with Crippen LogP contribution >= 0.6 is 11.6 Å². The van der Waals surface area contributed by atoms with Crippen molar-refractivity contribution >= 4 is 28.6 Å². The predicted octanol–water partition coefficient (Wildman–Crippen LogP) is 2.17. The first-order valence-electron chi connectivity index (χ1n) is 5.61. The number of fused-ring (bicyclic) bond motifs is 1. The standard InChI is InChI=1S/C12H12ClN5/c13-9-2-1-3-10-11(9)18(12(14)16-10)7-6-17-5-4-15-8-17/h1-5,8H,6-7H2,(H2,14,16). The first-order valence-corrected chi connectivity index (χ1v) is 5.99. The minimum absolute atomic E-state index is 0.484. The number of rotatable bonds is 3. The van der Waals surface area contributed by atoms with E-state index in [0.717, 1.165) is 17.6 Å². The van der Waals surface area contributed by atoms with E-state index >= 15 is 0 Å². The summed E-state index contributed by atoms with van der Waals surface area (Å²) in [5.41, 5.74) is 7.64. The Labute approximate surface area is 109 Å². The van der Waals surface area contributed by atoms with Crippen molar-refractivity contribution in [2.24, 2.45) is 0 Å². The molecule has 2 heterocycles. The maximum atomic E-state index is 6.20. The van der Waals surface area contributed by atoms with E-state index in [4.69, 9.17) is 17.3 Å². The Kier molecular flexibility index (Phi) is 2.68. The number of anilines is 1. The monoisotopic (exact) mass is 261 g/mol. The second kappa shape index (κ2) is 4.34. The fourth-order valence-corrected chi connectivity index (χ4v) is 2.29. The van der Waals surface area contributed by atoms with E-state index in [2.05, 4.69) is 9.97 Å². The van der Waals surface area contributed by atoms with Gasteiger partial charge in [0, 0.05) is 25.5 Å². The van der Waals surface area contributed by atoms with E-state index in [-0.39, 0.29) is 0 Å². The number of hydrogen-bond acceptors (Lipinski definition) is 3. The molecule has 0 saturated heterocycles. The van der Waals surface area contributed by atoms with E-state index in [0.29, 0.717) is 17.5 Å². The number of imidazole rings is 2. The van der Waals surface area contributed by atoms with Crippen molar-refractivity contribution in [2.45, 2.75) is 13.1 Å². The van der Waals surface area contributed by atoms with E-state index in [1.54, 1.807) is 12.5 Å². The summed E-state index contributed by atoms with van der Waals surface area (Å²) >= 11 is 6.20. The number of hydrogen-bond donors (Lipinski definition) is 1. The van der Waals surface area contributed by atoms with Crippen LogP contribution in [0.3, 0.4) is 0 Å². The molecule has 0 aliphatic carbocycles. The molecule has 0 atom stereocenters. The van der Waals surface area contributed by atoms with Crippen LogP contribution in [0.4, 0.5) is 5.95 Å². The summed E-state index contributed by atoms with van der Waals surface area (Å²) in [6, 6.07) is 5.63. The Bertz CT molecular complexity index is 671. The number of nitrogen functional groups attached to an aromatic ring is 1. The summed E-state index contributed by atoms with van der Waals surface area (Å²) in [7, 11) is 0. The Morgan fingerprint density at radius 2 is 2.17 bits per heavy atom. The Morgan fingerprint density at radius 1 is 1.28 bits per heavy atom. The van der Waals surface area contributed by atoms with Crippen LogP contribution in [-0.4, -0.2) is 19.1 Å². The minimum atomic E-state index is 0.484. The molecule has 0 saturated carbocycles. The number of nitrogens with zero attached hydrogens (tertiary/aromatic N) is 4. The summed E-state index contributed by atoms with van der Waals surface area (Å²) in [5.74, 6) is 0.484. The summed E-state index contributed by atoms with van der Waals surface area (Å²) in [4.78, 5) is 8.31. The number of para-hydroxylation sites is 1. The Balaban J connectivity index is 1.98. The van der Waals surface area contributed by atoms with Crippen LogP contribution in [0.15, 0.2) is 36.9 Å². The van der Waals surface area contributed by atoms with E-state index in [9.17, 15) is 0 Å². The van der Waals surface area contributed by atoms with Crippen LogP contribution in [0.5, 0.6) is 0 Å². The molecule has 3 aromatic rings. The minimum Gasteiger partial charge on any atom is -0.369 e. The average molecular weight is 262 g/mol. The molecule has 0 fully saturated rings. The van der Waals surface area contributed by atoms with Crippen molar-refractivity contribution in [3.8, 4) is 0 Å². The number of aromatic nitrogens is 4.